The van der Waals surface area contributed by atoms with Crippen molar-refractivity contribution in [3.05, 3.63) is 109 Å². The number of halogens is 2. The number of hydrogen-bond acceptors (Lipinski definition) is 9. The number of aryl methyl sites for hydroxylation is 1. The van der Waals surface area contributed by atoms with Crippen molar-refractivity contribution in [1.82, 2.24) is 30.6 Å². The number of carbonyl (C=O) groups excluding carboxylic acids is 2. The van der Waals surface area contributed by atoms with Crippen LogP contribution < -0.4 is 10.6 Å². The number of amidine groups is 1. The first-order chi connectivity index (χ1) is 19.8. The number of allylic oxidation sites excluding steroid dienone is 1. The maximum absolute atomic E-state index is 13.9. The highest BCUT2D eigenvalue weighted by Gasteiger charge is 2.34. The number of aliphatic imine (C=N–C) groups is 1. The summed E-state index contributed by atoms with van der Waals surface area (Å²) in [5, 5.41) is 16.9. The SMILES string of the molecule is CCOC(=O)C1=C(Cn2cc(CNC(=O)c3ccc(C)cc3)nn2)NC(c2nccs2)=NC1c1ccc(F)cc1Br. The van der Waals surface area contributed by atoms with Crippen molar-refractivity contribution < 1.29 is 18.7 Å². The van der Waals surface area contributed by atoms with Crippen molar-refractivity contribution in [3.63, 3.8) is 0 Å². The molecule has 5 rings (SSSR count). The van der Waals surface area contributed by atoms with Crippen LogP contribution in [0.5, 0.6) is 0 Å². The summed E-state index contributed by atoms with van der Waals surface area (Å²) < 4.78 is 21.4. The number of aromatic nitrogens is 4. The number of carbonyl (C=O) groups is 2. The zero-order chi connectivity index (χ0) is 28.9. The van der Waals surface area contributed by atoms with Crippen molar-refractivity contribution >= 4 is 45.0 Å². The zero-order valence-electron chi connectivity index (χ0n) is 22.1. The molecule has 4 aromatic rings. The first kappa shape index (κ1) is 28.3. The van der Waals surface area contributed by atoms with Crippen LogP contribution in [0.1, 0.15) is 45.2 Å². The van der Waals surface area contributed by atoms with Gasteiger partial charge in [0.1, 0.15) is 17.6 Å². The highest BCUT2D eigenvalue weighted by molar-refractivity contribution is 9.10. The lowest BCUT2D eigenvalue weighted by molar-refractivity contribution is -0.139. The van der Waals surface area contributed by atoms with Gasteiger partial charge in [0.05, 0.1) is 37.2 Å². The minimum Gasteiger partial charge on any atom is -0.463 e. The smallest absolute Gasteiger partial charge is 0.338 e. The first-order valence-electron chi connectivity index (χ1n) is 12.7. The van der Waals surface area contributed by atoms with Crippen LogP contribution in [0.15, 0.2) is 81.0 Å². The summed E-state index contributed by atoms with van der Waals surface area (Å²) in [4.78, 5) is 35.0. The van der Waals surface area contributed by atoms with Crippen LogP contribution in [0.2, 0.25) is 0 Å². The van der Waals surface area contributed by atoms with Gasteiger partial charge >= 0.3 is 5.97 Å². The standard InChI is InChI=1S/C28H25BrFN7O3S/c1-3-40-28(39)23-22(15-37-14-19(35-36-37)13-32-26(38)17-6-4-16(2)5-7-17)33-25(27-31-10-11-41-27)34-24(23)20-9-8-18(30)12-21(20)29/h4-12,14,24H,3,13,15H2,1-2H3,(H,32,38)(H,33,34). The molecular weight excluding hydrogens is 613 g/mol. The summed E-state index contributed by atoms with van der Waals surface area (Å²) in [5.74, 6) is -0.762. The Morgan fingerprint density at radius 3 is 2.73 bits per heavy atom. The second-order valence-electron chi connectivity index (χ2n) is 9.08. The second kappa shape index (κ2) is 12.5. The molecular formula is C28H25BrFN7O3S. The van der Waals surface area contributed by atoms with E-state index in [0.717, 1.165) is 5.56 Å². The molecule has 210 valence electrons. The summed E-state index contributed by atoms with van der Waals surface area (Å²) in [5.41, 5.74) is 3.46. The van der Waals surface area contributed by atoms with Crippen LogP contribution in [0.4, 0.5) is 4.39 Å². The largest absolute Gasteiger partial charge is 0.463 e. The summed E-state index contributed by atoms with van der Waals surface area (Å²) in [6.07, 6.45) is 3.34. The third-order valence-corrected chi connectivity index (χ3v) is 7.63. The van der Waals surface area contributed by atoms with Gasteiger partial charge in [-0.25, -0.2) is 18.9 Å². The Bertz CT molecular complexity index is 1630. The zero-order valence-corrected chi connectivity index (χ0v) is 24.5. The Kier molecular flexibility index (Phi) is 8.64. The van der Waals surface area contributed by atoms with E-state index in [9.17, 15) is 14.0 Å². The van der Waals surface area contributed by atoms with Crippen molar-refractivity contribution in [2.24, 2.45) is 4.99 Å². The Morgan fingerprint density at radius 2 is 2.02 bits per heavy atom. The van der Waals surface area contributed by atoms with Gasteiger partial charge in [-0.2, -0.15) is 0 Å². The fourth-order valence-electron chi connectivity index (χ4n) is 4.20. The van der Waals surface area contributed by atoms with Crippen LogP contribution in [0.25, 0.3) is 0 Å². The van der Waals surface area contributed by atoms with Crippen LogP contribution in [-0.2, 0) is 22.6 Å². The molecule has 10 nitrogen and oxygen atoms in total. The van der Waals surface area contributed by atoms with Crippen LogP contribution in [0.3, 0.4) is 0 Å². The minimum absolute atomic E-state index is 0.118. The Morgan fingerprint density at radius 1 is 1.22 bits per heavy atom. The molecule has 2 aromatic carbocycles. The van der Waals surface area contributed by atoms with Crippen molar-refractivity contribution in [2.45, 2.75) is 33.0 Å². The Labute approximate surface area is 247 Å². The third-order valence-electron chi connectivity index (χ3n) is 6.16. The number of benzene rings is 2. The third kappa shape index (κ3) is 6.57. The van der Waals surface area contributed by atoms with Crippen molar-refractivity contribution in [3.8, 4) is 0 Å². The van der Waals surface area contributed by atoms with E-state index in [1.807, 2.05) is 24.4 Å². The van der Waals surface area contributed by atoms with Gasteiger partial charge in [0.25, 0.3) is 5.91 Å². The van der Waals surface area contributed by atoms with Gasteiger partial charge in [0.2, 0.25) is 0 Å². The molecule has 41 heavy (non-hydrogen) atoms. The molecule has 13 heteroatoms. The molecule has 0 fully saturated rings. The normalized spacial score (nSPS) is 14.8. The lowest BCUT2D eigenvalue weighted by Gasteiger charge is -2.27. The molecule has 0 saturated carbocycles. The van der Waals surface area contributed by atoms with Gasteiger partial charge in [-0.1, -0.05) is 44.9 Å². The Hall–Kier alpha value is -4.23. The maximum Gasteiger partial charge on any atom is 0.338 e. The maximum atomic E-state index is 13.9. The number of hydrogen-bond donors (Lipinski definition) is 2. The van der Waals surface area contributed by atoms with E-state index in [1.165, 1.54) is 23.5 Å². The van der Waals surface area contributed by atoms with Gasteiger partial charge < -0.3 is 15.4 Å². The van der Waals surface area contributed by atoms with Crippen LogP contribution in [-0.4, -0.2) is 44.3 Å². The lowest BCUT2D eigenvalue weighted by atomic mass is 9.95. The molecule has 1 unspecified atom stereocenters. The number of esters is 1. The van der Waals surface area contributed by atoms with E-state index in [-0.39, 0.29) is 31.2 Å². The van der Waals surface area contributed by atoms with Gasteiger partial charge in [-0.15, -0.1) is 16.4 Å². The number of ether oxygens (including phenoxy) is 1. The van der Waals surface area contributed by atoms with Crippen molar-refractivity contribution in [1.29, 1.82) is 0 Å². The average Bonchev–Trinajstić information content (AvgIpc) is 3.65. The van der Waals surface area contributed by atoms with Gasteiger partial charge in [0, 0.05) is 21.6 Å². The molecule has 0 radical (unpaired) electrons. The molecule has 0 aliphatic carbocycles. The fraction of sp³-hybridized carbons (Fsp3) is 0.214. The molecule has 3 heterocycles. The number of nitrogens with zero attached hydrogens (tertiary/aromatic N) is 5. The highest BCUT2D eigenvalue weighted by atomic mass is 79.9. The van der Waals surface area contributed by atoms with Gasteiger partial charge in [-0.05, 0) is 43.7 Å². The van der Waals surface area contributed by atoms with E-state index in [1.54, 1.807) is 42.2 Å². The molecule has 0 spiro atoms. The molecule has 1 amide bonds. The molecule has 2 aromatic heterocycles. The summed E-state index contributed by atoms with van der Waals surface area (Å²) >= 11 is 4.81. The molecule has 1 aliphatic heterocycles. The monoisotopic (exact) mass is 637 g/mol. The number of amides is 1. The molecule has 0 saturated heterocycles. The van der Waals surface area contributed by atoms with Crippen molar-refractivity contribution in [2.75, 3.05) is 6.61 Å². The highest BCUT2D eigenvalue weighted by Crippen LogP contribution is 2.37. The van der Waals surface area contributed by atoms with Crippen LogP contribution in [0, 0.1) is 12.7 Å². The van der Waals surface area contributed by atoms with Gasteiger partial charge in [-0.3, -0.25) is 9.79 Å². The lowest BCUT2D eigenvalue weighted by Crippen LogP contribution is -2.35. The van der Waals surface area contributed by atoms with E-state index < -0.39 is 17.8 Å². The predicted octanol–water partition coefficient (Wildman–Crippen LogP) is 4.48. The quantitative estimate of drug-likeness (QED) is 0.259. The minimum atomic E-state index is -0.809. The van der Waals surface area contributed by atoms with E-state index in [0.29, 0.717) is 37.8 Å². The van der Waals surface area contributed by atoms with E-state index >= 15 is 0 Å². The summed E-state index contributed by atoms with van der Waals surface area (Å²) in [6, 6.07) is 10.7. The summed E-state index contributed by atoms with van der Waals surface area (Å²) in [6.45, 7) is 4.12. The van der Waals surface area contributed by atoms with Gasteiger partial charge in [0.15, 0.2) is 10.8 Å². The summed E-state index contributed by atoms with van der Waals surface area (Å²) in [7, 11) is 0. The average molecular weight is 639 g/mol. The topological polar surface area (TPSA) is 123 Å². The predicted molar refractivity (Wildman–Crippen MR) is 155 cm³/mol. The van der Waals surface area contributed by atoms with E-state index in [4.69, 9.17) is 9.73 Å². The molecule has 1 atom stereocenters. The fourth-order valence-corrected chi connectivity index (χ4v) is 5.36. The number of thiazole rings is 1. The molecule has 2 N–H and O–H groups in total. The number of rotatable bonds is 9. The van der Waals surface area contributed by atoms with Crippen LogP contribution >= 0.6 is 27.3 Å². The molecule has 0 bridgehead atoms. The Balaban J connectivity index is 1.45. The first-order valence-corrected chi connectivity index (χ1v) is 14.3. The van der Waals surface area contributed by atoms with E-state index in [2.05, 4.69) is 41.9 Å². The molecule has 1 aliphatic rings. The number of nitrogens with one attached hydrogen (secondary N) is 2. The second-order valence-corrected chi connectivity index (χ2v) is 10.8.